The first-order valence-corrected chi connectivity index (χ1v) is 5.99. The van der Waals surface area contributed by atoms with E-state index in [1.165, 1.54) is 32.4 Å². The maximum absolute atomic E-state index is 5.01. The lowest BCUT2D eigenvalue weighted by molar-refractivity contribution is 0.109. The topological polar surface area (TPSA) is 33.3 Å². The SMILES string of the molecule is C1CCNCC1.C1COCCN1.CC. The molecule has 2 rings (SSSR count). The van der Waals surface area contributed by atoms with Crippen molar-refractivity contribution in [3.8, 4) is 0 Å². The Morgan fingerprint density at radius 3 is 1.36 bits per heavy atom. The van der Waals surface area contributed by atoms with Gasteiger partial charge in [-0.05, 0) is 25.9 Å². The van der Waals surface area contributed by atoms with Crippen LogP contribution in [-0.4, -0.2) is 39.4 Å². The van der Waals surface area contributed by atoms with Crippen LogP contribution in [0.1, 0.15) is 33.1 Å². The molecule has 86 valence electrons. The smallest absolute Gasteiger partial charge is 0.0591 e. The van der Waals surface area contributed by atoms with Crippen LogP contribution in [-0.2, 0) is 4.74 Å². The maximum atomic E-state index is 5.01. The Morgan fingerprint density at radius 2 is 1.21 bits per heavy atom. The summed E-state index contributed by atoms with van der Waals surface area (Å²) >= 11 is 0. The van der Waals surface area contributed by atoms with Gasteiger partial charge in [0.1, 0.15) is 0 Å². The van der Waals surface area contributed by atoms with Gasteiger partial charge in [0.25, 0.3) is 0 Å². The molecule has 0 unspecified atom stereocenters. The van der Waals surface area contributed by atoms with Crippen LogP contribution in [0.5, 0.6) is 0 Å². The molecule has 2 fully saturated rings. The van der Waals surface area contributed by atoms with E-state index in [0.717, 1.165) is 26.3 Å². The largest absolute Gasteiger partial charge is 0.379 e. The molecule has 0 radical (unpaired) electrons. The summed E-state index contributed by atoms with van der Waals surface area (Å²) in [5, 5.41) is 6.44. The first kappa shape index (κ1) is 13.9. The monoisotopic (exact) mass is 202 g/mol. The van der Waals surface area contributed by atoms with Crippen LogP contribution in [0.4, 0.5) is 0 Å². The van der Waals surface area contributed by atoms with Crippen molar-refractivity contribution in [2.45, 2.75) is 33.1 Å². The zero-order valence-electron chi connectivity index (χ0n) is 9.77. The van der Waals surface area contributed by atoms with Crippen LogP contribution in [0.15, 0.2) is 0 Å². The van der Waals surface area contributed by atoms with Gasteiger partial charge >= 0.3 is 0 Å². The molecule has 2 aliphatic rings. The zero-order chi connectivity index (χ0) is 10.5. The van der Waals surface area contributed by atoms with Gasteiger partial charge in [-0.2, -0.15) is 0 Å². The fourth-order valence-corrected chi connectivity index (χ4v) is 1.32. The van der Waals surface area contributed by atoms with Crippen LogP contribution in [0, 0.1) is 0 Å². The third-order valence-electron chi connectivity index (χ3n) is 2.05. The second kappa shape index (κ2) is 12.9. The summed E-state index contributed by atoms with van der Waals surface area (Å²) in [6, 6.07) is 0. The van der Waals surface area contributed by atoms with Crippen LogP contribution >= 0.6 is 0 Å². The predicted octanol–water partition coefficient (Wildman–Crippen LogP) is 1.39. The van der Waals surface area contributed by atoms with Crippen molar-refractivity contribution in [3.05, 3.63) is 0 Å². The Kier molecular flexibility index (Phi) is 12.8. The fraction of sp³-hybridized carbons (Fsp3) is 1.00. The Balaban J connectivity index is 0.000000206. The molecule has 0 amide bonds. The normalized spacial score (nSPS) is 21.0. The summed E-state index contributed by atoms with van der Waals surface area (Å²) in [5.74, 6) is 0. The van der Waals surface area contributed by atoms with Gasteiger partial charge in [-0.1, -0.05) is 20.3 Å². The number of morpholine rings is 1. The lowest BCUT2D eigenvalue weighted by Crippen LogP contribution is -2.30. The van der Waals surface area contributed by atoms with Crippen molar-refractivity contribution >= 4 is 0 Å². The van der Waals surface area contributed by atoms with Crippen LogP contribution < -0.4 is 10.6 Å². The molecule has 2 heterocycles. The average molecular weight is 202 g/mol. The minimum absolute atomic E-state index is 0.889. The second-order valence-corrected chi connectivity index (χ2v) is 3.17. The van der Waals surface area contributed by atoms with Crippen molar-refractivity contribution in [2.24, 2.45) is 0 Å². The number of rotatable bonds is 0. The zero-order valence-corrected chi connectivity index (χ0v) is 9.77. The summed E-state index contributed by atoms with van der Waals surface area (Å²) in [6.45, 7) is 10.3. The van der Waals surface area contributed by atoms with Gasteiger partial charge in [0.2, 0.25) is 0 Å². The number of nitrogens with one attached hydrogen (secondary N) is 2. The molecule has 0 saturated carbocycles. The molecule has 0 aromatic rings. The van der Waals surface area contributed by atoms with Gasteiger partial charge in [0.15, 0.2) is 0 Å². The van der Waals surface area contributed by atoms with E-state index in [4.69, 9.17) is 4.74 Å². The summed E-state index contributed by atoms with van der Waals surface area (Å²) in [4.78, 5) is 0. The minimum atomic E-state index is 0.889. The first-order valence-electron chi connectivity index (χ1n) is 5.99. The maximum Gasteiger partial charge on any atom is 0.0591 e. The quantitative estimate of drug-likeness (QED) is 0.623. The highest BCUT2D eigenvalue weighted by molar-refractivity contribution is 4.55. The molecule has 0 atom stereocenters. The first-order chi connectivity index (χ1) is 7.00. The number of ether oxygens (including phenoxy) is 1. The Hall–Kier alpha value is -0.120. The van der Waals surface area contributed by atoms with Gasteiger partial charge in [-0.25, -0.2) is 0 Å². The molecule has 3 heteroatoms. The molecule has 14 heavy (non-hydrogen) atoms. The van der Waals surface area contributed by atoms with Crippen molar-refractivity contribution < 1.29 is 4.74 Å². The van der Waals surface area contributed by atoms with E-state index in [2.05, 4.69) is 10.6 Å². The third-order valence-corrected chi connectivity index (χ3v) is 2.05. The fourth-order valence-electron chi connectivity index (χ4n) is 1.32. The highest BCUT2D eigenvalue weighted by Gasteiger charge is 1.94. The highest BCUT2D eigenvalue weighted by atomic mass is 16.5. The van der Waals surface area contributed by atoms with E-state index in [9.17, 15) is 0 Å². The molecular weight excluding hydrogens is 176 g/mol. The molecule has 0 aromatic carbocycles. The standard InChI is InChI=1S/C5H11N.C4H9NO.C2H6/c1-2-4-6-5-3-1;1-3-6-4-2-5-1;1-2/h6H,1-5H2;5H,1-4H2;1-2H3. The van der Waals surface area contributed by atoms with Gasteiger partial charge in [-0.3, -0.25) is 0 Å². The molecule has 0 bridgehead atoms. The molecule has 0 spiro atoms. The van der Waals surface area contributed by atoms with Crippen molar-refractivity contribution in [1.82, 2.24) is 10.6 Å². The van der Waals surface area contributed by atoms with E-state index < -0.39 is 0 Å². The van der Waals surface area contributed by atoms with E-state index in [-0.39, 0.29) is 0 Å². The molecule has 0 aliphatic carbocycles. The van der Waals surface area contributed by atoms with E-state index >= 15 is 0 Å². The van der Waals surface area contributed by atoms with Crippen molar-refractivity contribution in [3.63, 3.8) is 0 Å². The third kappa shape index (κ3) is 9.96. The summed E-state index contributed by atoms with van der Waals surface area (Å²) in [7, 11) is 0. The highest BCUT2D eigenvalue weighted by Crippen LogP contribution is 1.96. The van der Waals surface area contributed by atoms with Crippen molar-refractivity contribution in [1.29, 1.82) is 0 Å². The predicted molar refractivity (Wildman–Crippen MR) is 61.8 cm³/mol. The van der Waals surface area contributed by atoms with Gasteiger partial charge < -0.3 is 15.4 Å². The molecule has 2 N–H and O–H groups in total. The van der Waals surface area contributed by atoms with E-state index in [0.29, 0.717) is 0 Å². The van der Waals surface area contributed by atoms with Crippen LogP contribution in [0.3, 0.4) is 0 Å². The second-order valence-electron chi connectivity index (χ2n) is 3.17. The summed E-state index contributed by atoms with van der Waals surface area (Å²) in [6.07, 6.45) is 4.22. The van der Waals surface area contributed by atoms with E-state index in [1.807, 2.05) is 13.8 Å². The van der Waals surface area contributed by atoms with E-state index in [1.54, 1.807) is 0 Å². The van der Waals surface area contributed by atoms with Gasteiger partial charge in [-0.15, -0.1) is 0 Å². The van der Waals surface area contributed by atoms with Crippen LogP contribution in [0.2, 0.25) is 0 Å². The molecule has 2 aliphatic heterocycles. The summed E-state index contributed by atoms with van der Waals surface area (Å²) < 4.78 is 5.01. The Morgan fingerprint density at radius 1 is 0.714 bits per heavy atom. The van der Waals surface area contributed by atoms with Crippen molar-refractivity contribution in [2.75, 3.05) is 39.4 Å². The lowest BCUT2D eigenvalue weighted by Gasteiger charge is -2.10. The number of hydrogen-bond donors (Lipinski definition) is 2. The molecule has 3 nitrogen and oxygen atoms in total. The summed E-state index contributed by atoms with van der Waals surface area (Å²) in [5.41, 5.74) is 0. The Bertz CT molecular complexity index is 56.3. The number of piperidine rings is 1. The Labute approximate surface area is 88.6 Å². The number of hydrogen-bond acceptors (Lipinski definition) is 3. The van der Waals surface area contributed by atoms with Crippen LogP contribution in [0.25, 0.3) is 0 Å². The average Bonchev–Trinajstić information content (AvgIpc) is 2.37. The molecular formula is C11H26N2O. The minimum Gasteiger partial charge on any atom is -0.379 e. The van der Waals surface area contributed by atoms with Gasteiger partial charge in [0, 0.05) is 13.1 Å². The molecule has 2 saturated heterocycles. The van der Waals surface area contributed by atoms with Gasteiger partial charge in [0.05, 0.1) is 13.2 Å². The molecule has 0 aromatic heterocycles. The lowest BCUT2D eigenvalue weighted by atomic mass is 10.2.